The van der Waals surface area contributed by atoms with Crippen LogP contribution in [0, 0.1) is 11.7 Å². The summed E-state index contributed by atoms with van der Waals surface area (Å²) in [5, 5.41) is 3.15. The van der Waals surface area contributed by atoms with Crippen LogP contribution in [0.2, 0.25) is 0 Å². The Kier molecular flexibility index (Phi) is 7.70. The number of carbonyl (C=O) groups excluding carboxylic acids is 1. The second kappa shape index (κ2) is 9.95. The summed E-state index contributed by atoms with van der Waals surface area (Å²) in [4.78, 5) is 16.5. The SMILES string of the molecule is CC(C)(C)OC(=O)N1CCN([C@H]2CC[C@H](CNc3ccc(S(C)(=O)=O)cc3F)CC2)CC1. The van der Waals surface area contributed by atoms with E-state index in [-0.39, 0.29) is 11.0 Å². The topological polar surface area (TPSA) is 79.0 Å². The number of sulfone groups is 1. The molecule has 0 atom stereocenters. The summed E-state index contributed by atoms with van der Waals surface area (Å²) in [7, 11) is -3.41. The predicted octanol–water partition coefficient (Wildman–Crippen LogP) is 3.75. The van der Waals surface area contributed by atoms with Crippen molar-refractivity contribution in [3.05, 3.63) is 24.0 Å². The summed E-state index contributed by atoms with van der Waals surface area (Å²) in [6.45, 7) is 9.44. The molecular formula is C23H36FN3O4S. The number of nitrogens with one attached hydrogen (secondary N) is 1. The van der Waals surface area contributed by atoms with Gasteiger partial charge in [-0.25, -0.2) is 17.6 Å². The fourth-order valence-electron chi connectivity index (χ4n) is 4.43. The van der Waals surface area contributed by atoms with Crippen molar-refractivity contribution in [3.63, 3.8) is 0 Å². The first kappa shape index (κ1) is 24.8. The van der Waals surface area contributed by atoms with Crippen molar-refractivity contribution >= 4 is 21.6 Å². The highest BCUT2D eigenvalue weighted by molar-refractivity contribution is 7.90. The summed E-state index contributed by atoms with van der Waals surface area (Å²) in [5.41, 5.74) is -0.128. The van der Waals surface area contributed by atoms with E-state index in [1.807, 2.05) is 20.8 Å². The predicted molar refractivity (Wildman–Crippen MR) is 123 cm³/mol. The minimum absolute atomic E-state index is 0.00664. The zero-order valence-electron chi connectivity index (χ0n) is 19.6. The Balaban J connectivity index is 1.41. The number of nitrogens with zero attached hydrogens (tertiary/aromatic N) is 2. The molecule has 1 aliphatic carbocycles. The number of rotatable bonds is 5. The van der Waals surface area contributed by atoms with Crippen LogP contribution in [0.3, 0.4) is 0 Å². The molecule has 1 aromatic carbocycles. The maximum atomic E-state index is 14.2. The highest BCUT2D eigenvalue weighted by Gasteiger charge is 2.31. The molecule has 1 aromatic rings. The van der Waals surface area contributed by atoms with Crippen LogP contribution < -0.4 is 5.32 Å². The Morgan fingerprint density at radius 3 is 2.28 bits per heavy atom. The van der Waals surface area contributed by atoms with Gasteiger partial charge in [0.15, 0.2) is 9.84 Å². The van der Waals surface area contributed by atoms with Crippen molar-refractivity contribution in [3.8, 4) is 0 Å². The quantitative estimate of drug-likeness (QED) is 0.708. The van der Waals surface area contributed by atoms with Crippen molar-refractivity contribution in [2.24, 2.45) is 5.92 Å². The zero-order chi connectivity index (χ0) is 23.5. The van der Waals surface area contributed by atoms with Crippen LogP contribution >= 0.6 is 0 Å². The monoisotopic (exact) mass is 469 g/mol. The molecule has 0 spiro atoms. The molecule has 1 heterocycles. The summed E-state index contributed by atoms with van der Waals surface area (Å²) >= 11 is 0. The van der Waals surface area contributed by atoms with Crippen LogP contribution in [-0.4, -0.2) is 74.9 Å². The number of hydrogen-bond acceptors (Lipinski definition) is 6. The van der Waals surface area contributed by atoms with E-state index in [0.29, 0.717) is 37.3 Å². The molecule has 32 heavy (non-hydrogen) atoms. The zero-order valence-corrected chi connectivity index (χ0v) is 20.4. The van der Waals surface area contributed by atoms with Crippen LogP contribution in [0.25, 0.3) is 0 Å². The molecule has 0 aromatic heterocycles. The lowest BCUT2D eigenvalue weighted by Crippen LogP contribution is -2.53. The maximum Gasteiger partial charge on any atom is 0.410 e. The molecule has 0 unspecified atom stereocenters. The third-order valence-corrected chi connectivity index (χ3v) is 7.36. The van der Waals surface area contributed by atoms with Gasteiger partial charge in [0.2, 0.25) is 0 Å². The first-order chi connectivity index (χ1) is 14.9. The molecule has 1 saturated heterocycles. The summed E-state index contributed by atoms with van der Waals surface area (Å²) in [6, 6.07) is 4.54. The second-order valence-electron chi connectivity index (χ2n) is 9.97. The van der Waals surface area contributed by atoms with E-state index in [4.69, 9.17) is 4.74 Å². The molecule has 3 rings (SSSR count). The van der Waals surface area contributed by atoms with Gasteiger partial charge in [0, 0.05) is 45.0 Å². The van der Waals surface area contributed by atoms with E-state index < -0.39 is 21.3 Å². The van der Waals surface area contributed by atoms with Gasteiger partial charge in [0.1, 0.15) is 11.4 Å². The van der Waals surface area contributed by atoms with Crippen molar-refractivity contribution in [2.75, 3.05) is 44.3 Å². The van der Waals surface area contributed by atoms with Crippen molar-refractivity contribution in [1.82, 2.24) is 9.80 Å². The van der Waals surface area contributed by atoms with Crippen LogP contribution in [0.5, 0.6) is 0 Å². The fourth-order valence-corrected chi connectivity index (χ4v) is 5.07. The van der Waals surface area contributed by atoms with E-state index >= 15 is 0 Å². The molecule has 1 saturated carbocycles. The molecule has 9 heteroatoms. The lowest BCUT2D eigenvalue weighted by atomic mass is 9.85. The number of halogens is 1. The largest absolute Gasteiger partial charge is 0.444 e. The highest BCUT2D eigenvalue weighted by atomic mass is 32.2. The third-order valence-electron chi connectivity index (χ3n) is 6.25. The number of benzene rings is 1. The van der Waals surface area contributed by atoms with E-state index in [1.165, 1.54) is 12.1 Å². The van der Waals surface area contributed by atoms with Crippen molar-refractivity contribution in [2.45, 2.75) is 63.0 Å². The third kappa shape index (κ3) is 6.81. The minimum Gasteiger partial charge on any atom is -0.444 e. The Morgan fingerprint density at radius 1 is 1.12 bits per heavy atom. The number of ether oxygens (including phenoxy) is 1. The molecule has 7 nitrogen and oxygen atoms in total. The number of hydrogen-bond donors (Lipinski definition) is 1. The van der Waals surface area contributed by atoms with Crippen LogP contribution in [0.4, 0.5) is 14.9 Å². The Morgan fingerprint density at radius 2 is 1.75 bits per heavy atom. The van der Waals surface area contributed by atoms with Gasteiger partial charge in [-0.15, -0.1) is 0 Å². The molecule has 1 amide bonds. The standard InChI is InChI=1S/C23H36FN3O4S/c1-23(2,3)31-22(28)27-13-11-26(12-14-27)18-7-5-17(6-8-18)16-25-21-10-9-19(15-20(21)24)32(4,29)30/h9-10,15,17-18,25H,5-8,11-14,16H2,1-4H3/t17-,18-. The smallest absolute Gasteiger partial charge is 0.410 e. The van der Waals surface area contributed by atoms with Crippen molar-refractivity contribution in [1.29, 1.82) is 0 Å². The van der Waals surface area contributed by atoms with Crippen LogP contribution in [0.15, 0.2) is 23.1 Å². The Labute approximate surface area is 191 Å². The molecule has 0 radical (unpaired) electrons. The number of piperazine rings is 1. The summed E-state index contributed by atoms with van der Waals surface area (Å²) < 4.78 is 42.8. The fraction of sp³-hybridized carbons (Fsp3) is 0.696. The van der Waals surface area contributed by atoms with E-state index in [9.17, 15) is 17.6 Å². The summed E-state index contributed by atoms with van der Waals surface area (Å²) in [6.07, 6.45) is 5.15. The van der Waals surface area contributed by atoms with Gasteiger partial charge >= 0.3 is 6.09 Å². The van der Waals surface area contributed by atoms with Gasteiger partial charge in [0.25, 0.3) is 0 Å². The number of anilines is 1. The van der Waals surface area contributed by atoms with Gasteiger partial charge < -0.3 is 15.0 Å². The van der Waals surface area contributed by atoms with Gasteiger partial charge in [0.05, 0.1) is 10.6 Å². The molecule has 1 aliphatic heterocycles. The molecule has 2 aliphatic rings. The lowest BCUT2D eigenvalue weighted by Gasteiger charge is -2.42. The number of carbonyl (C=O) groups is 1. The molecular weight excluding hydrogens is 433 g/mol. The first-order valence-electron chi connectivity index (χ1n) is 11.4. The van der Waals surface area contributed by atoms with Gasteiger partial charge in [-0.05, 0) is 70.6 Å². The second-order valence-corrected chi connectivity index (χ2v) is 12.0. The minimum atomic E-state index is -3.41. The average molecular weight is 470 g/mol. The molecule has 2 fully saturated rings. The summed E-state index contributed by atoms with van der Waals surface area (Å²) in [5.74, 6) is -0.0762. The van der Waals surface area contributed by atoms with Gasteiger partial charge in [-0.1, -0.05) is 0 Å². The highest BCUT2D eigenvalue weighted by Crippen LogP contribution is 2.29. The Bertz CT molecular complexity index is 900. The number of amides is 1. The van der Waals surface area contributed by atoms with Crippen LogP contribution in [0.1, 0.15) is 46.5 Å². The molecule has 1 N–H and O–H groups in total. The van der Waals surface area contributed by atoms with Gasteiger partial charge in [-0.2, -0.15) is 0 Å². The average Bonchev–Trinajstić information content (AvgIpc) is 2.71. The molecule has 0 bridgehead atoms. The van der Waals surface area contributed by atoms with Crippen LogP contribution in [-0.2, 0) is 14.6 Å². The first-order valence-corrected chi connectivity index (χ1v) is 13.3. The maximum absolute atomic E-state index is 14.2. The van der Waals surface area contributed by atoms with E-state index in [1.54, 1.807) is 4.90 Å². The lowest BCUT2D eigenvalue weighted by molar-refractivity contribution is 0.00732. The van der Waals surface area contributed by atoms with E-state index in [0.717, 1.165) is 51.1 Å². The van der Waals surface area contributed by atoms with E-state index in [2.05, 4.69) is 10.2 Å². The van der Waals surface area contributed by atoms with Gasteiger partial charge in [-0.3, -0.25) is 4.90 Å². The Hall–Kier alpha value is -1.87. The normalized spacial score (nSPS) is 23.1. The molecule has 180 valence electrons. The van der Waals surface area contributed by atoms with Crippen molar-refractivity contribution < 1.29 is 22.3 Å².